The number of fused-ring (bicyclic) bond motifs is 6. The number of hydrogen-bond acceptors (Lipinski definition) is 3. The van der Waals surface area contributed by atoms with Crippen LogP contribution in [-0.4, -0.2) is 9.97 Å². The molecule has 3 heteroatoms. The van der Waals surface area contributed by atoms with Crippen molar-refractivity contribution in [2.45, 2.75) is 0 Å². The minimum Gasteiger partial charge on any atom is -0.455 e. The van der Waals surface area contributed by atoms with Gasteiger partial charge < -0.3 is 4.42 Å². The number of hydrogen-bond donors (Lipinski definition) is 0. The largest absolute Gasteiger partial charge is 0.455 e. The first-order valence-electron chi connectivity index (χ1n) is 15.2. The number of aromatic nitrogens is 2. The van der Waals surface area contributed by atoms with Gasteiger partial charge in [-0.3, -0.25) is 0 Å². The zero-order valence-electron chi connectivity index (χ0n) is 24.3. The highest BCUT2D eigenvalue weighted by atomic mass is 16.3. The summed E-state index contributed by atoms with van der Waals surface area (Å²) < 4.78 is 6.87. The van der Waals surface area contributed by atoms with Crippen LogP contribution in [0.2, 0.25) is 0 Å². The number of para-hydroxylation sites is 3. The molecule has 0 saturated carbocycles. The van der Waals surface area contributed by atoms with Gasteiger partial charge in [0.05, 0.1) is 16.7 Å². The monoisotopic (exact) mass is 574 g/mol. The van der Waals surface area contributed by atoms with Crippen molar-refractivity contribution in [1.82, 2.24) is 9.97 Å². The fourth-order valence-corrected chi connectivity index (χ4v) is 6.53. The molecule has 0 spiro atoms. The summed E-state index contributed by atoms with van der Waals surface area (Å²) in [7, 11) is 0. The summed E-state index contributed by atoms with van der Waals surface area (Å²) in [5.41, 5.74) is 11.6. The maximum absolute atomic E-state index is 6.87. The molecule has 0 bridgehead atoms. The highest BCUT2D eigenvalue weighted by molar-refractivity contribution is 6.20. The summed E-state index contributed by atoms with van der Waals surface area (Å²) in [6, 6.07) is 54.8. The van der Waals surface area contributed by atoms with Crippen LogP contribution in [0.4, 0.5) is 0 Å². The van der Waals surface area contributed by atoms with E-state index < -0.39 is 0 Å². The Labute approximate surface area is 260 Å². The van der Waals surface area contributed by atoms with Crippen LogP contribution in [0, 0.1) is 0 Å². The van der Waals surface area contributed by atoms with Crippen LogP contribution >= 0.6 is 0 Å². The molecule has 2 heterocycles. The molecule has 0 unspecified atom stereocenters. The molecule has 0 atom stereocenters. The predicted molar refractivity (Wildman–Crippen MR) is 186 cm³/mol. The van der Waals surface area contributed by atoms with Crippen molar-refractivity contribution in [3.05, 3.63) is 158 Å². The van der Waals surface area contributed by atoms with Crippen LogP contribution in [0.3, 0.4) is 0 Å². The molecule has 45 heavy (non-hydrogen) atoms. The summed E-state index contributed by atoms with van der Waals surface area (Å²) >= 11 is 0. The normalized spacial score (nSPS) is 11.6. The number of furan rings is 1. The molecular weight excluding hydrogens is 548 g/mol. The standard InChI is InChI=1S/C42H26N2O/c1-3-13-27(14-4-1)29-17-11-18-30(25-29)39-40(44-38-24-10-9-23-37(38)43-39)34-22-12-21-33-36-26-35(28-15-5-2-6-16-28)31-19-7-8-20-32(31)42(36)45-41(33)34/h1-26H. The van der Waals surface area contributed by atoms with Crippen LogP contribution < -0.4 is 0 Å². The van der Waals surface area contributed by atoms with Crippen LogP contribution in [0.5, 0.6) is 0 Å². The van der Waals surface area contributed by atoms with Gasteiger partial charge in [-0.1, -0.05) is 127 Å². The molecule has 0 fully saturated rings. The van der Waals surface area contributed by atoms with E-state index in [1.54, 1.807) is 0 Å². The highest BCUT2D eigenvalue weighted by Crippen LogP contribution is 2.43. The first kappa shape index (κ1) is 25.4. The molecule has 3 nitrogen and oxygen atoms in total. The molecular formula is C42H26N2O. The third-order valence-corrected chi connectivity index (χ3v) is 8.66. The average Bonchev–Trinajstić information content (AvgIpc) is 3.51. The quantitative estimate of drug-likeness (QED) is 0.210. The number of benzene rings is 7. The lowest BCUT2D eigenvalue weighted by Crippen LogP contribution is -1.96. The Kier molecular flexibility index (Phi) is 5.82. The predicted octanol–water partition coefficient (Wildman–Crippen LogP) is 11.4. The van der Waals surface area contributed by atoms with E-state index in [9.17, 15) is 0 Å². The van der Waals surface area contributed by atoms with E-state index in [0.717, 1.165) is 72.0 Å². The Morgan fingerprint density at radius 3 is 1.67 bits per heavy atom. The Bertz CT molecular complexity index is 2530. The second-order valence-corrected chi connectivity index (χ2v) is 11.4. The van der Waals surface area contributed by atoms with Gasteiger partial charge in [0, 0.05) is 27.3 Å². The van der Waals surface area contributed by atoms with Crippen LogP contribution in [0.15, 0.2) is 162 Å². The van der Waals surface area contributed by atoms with Crippen molar-refractivity contribution in [2.24, 2.45) is 0 Å². The van der Waals surface area contributed by atoms with Gasteiger partial charge >= 0.3 is 0 Å². The lowest BCUT2D eigenvalue weighted by atomic mass is 9.95. The van der Waals surface area contributed by atoms with Crippen molar-refractivity contribution < 1.29 is 4.42 Å². The highest BCUT2D eigenvalue weighted by Gasteiger charge is 2.21. The van der Waals surface area contributed by atoms with E-state index in [2.05, 4.69) is 127 Å². The SMILES string of the molecule is c1ccc(-c2cccc(-c3nc4ccccc4nc3-c3cccc4c3oc3c5ccccc5c(-c5ccccc5)cc43)c2)cc1. The van der Waals surface area contributed by atoms with Crippen molar-refractivity contribution in [3.8, 4) is 44.8 Å². The molecule has 0 aliphatic heterocycles. The van der Waals surface area contributed by atoms with Crippen molar-refractivity contribution in [1.29, 1.82) is 0 Å². The molecule has 9 rings (SSSR count). The molecule has 2 aromatic heterocycles. The molecule has 0 radical (unpaired) electrons. The van der Waals surface area contributed by atoms with E-state index in [4.69, 9.17) is 14.4 Å². The second kappa shape index (κ2) is 10.3. The third kappa shape index (κ3) is 4.21. The van der Waals surface area contributed by atoms with Crippen LogP contribution in [0.1, 0.15) is 0 Å². The van der Waals surface area contributed by atoms with Gasteiger partial charge in [0.2, 0.25) is 0 Å². The summed E-state index contributed by atoms with van der Waals surface area (Å²) in [5.74, 6) is 0. The van der Waals surface area contributed by atoms with Gasteiger partial charge in [-0.05, 0) is 58.0 Å². The average molecular weight is 575 g/mol. The summed E-state index contributed by atoms with van der Waals surface area (Å²) in [6.45, 7) is 0. The van der Waals surface area contributed by atoms with Gasteiger partial charge in [0.15, 0.2) is 0 Å². The molecule has 0 N–H and O–H groups in total. The van der Waals surface area contributed by atoms with Crippen molar-refractivity contribution in [3.63, 3.8) is 0 Å². The van der Waals surface area contributed by atoms with Gasteiger partial charge in [0.1, 0.15) is 16.9 Å². The van der Waals surface area contributed by atoms with E-state index >= 15 is 0 Å². The van der Waals surface area contributed by atoms with Gasteiger partial charge in [0.25, 0.3) is 0 Å². The molecule has 0 amide bonds. The Morgan fingerprint density at radius 2 is 0.889 bits per heavy atom. The Balaban J connectivity index is 1.33. The zero-order valence-corrected chi connectivity index (χ0v) is 24.3. The van der Waals surface area contributed by atoms with Crippen molar-refractivity contribution >= 4 is 43.7 Å². The summed E-state index contributed by atoms with van der Waals surface area (Å²) in [6.07, 6.45) is 0. The Morgan fingerprint density at radius 1 is 0.333 bits per heavy atom. The lowest BCUT2D eigenvalue weighted by Gasteiger charge is -2.12. The molecule has 0 aliphatic carbocycles. The minimum atomic E-state index is 0.802. The molecule has 0 aliphatic rings. The van der Waals surface area contributed by atoms with Gasteiger partial charge in [-0.25, -0.2) is 9.97 Å². The summed E-state index contributed by atoms with van der Waals surface area (Å²) in [5, 5.41) is 4.41. The molecule has 210 valence electrons. The van der Waals surface area contributed by atoms with E-state index in [1.165, 1.54) is 16.5 Å². The first-order valence-corrected chi connectivity index (χ1v) is 15.2. The topological polar surface area (TPSA) is 38.9 Å². The molecule has 9 aromatic rings. The molecule has 7 aromatic carbocycles. The fourth-order valence-electron chi connectivity index (χ4n) is 6.53. The zero-order chi connectivity index (χ0) is 29.7. The fraction of sp³-hybridized carbons (Fsp3) is 0. The lowest BCUT2D eigenvalue weighted by molar-refractivity contribution is 0.673. The Hall–Kier alpha value is -6.06. The first-order chi connectivity index (χ1) is 22.3. The van der Waals surface area contributed by atoms with E-state index in [0.29, 0.717) is 0 Å². The second-order valence-electron chi connectivity index (χ2n) is 11.4. The van der Waals surface area contributed by atoms with E-state index in [-0.39, 0.29) is 0 Å². The molecule has 0 saturated heterocycles. The van der Waals surface area contributed by atoms with Crippen LogP contribution in [0.25, 0.3) is 88.5 Å². The maximum atomic E-state index is 6.87. The third-order valence-electron chi connectivity index (χ3n) is 8.66. The van der Waals surface area contributed by atoms with Gasteiger partial charge in [-0.15, -0.1) is 0 Å². The van der Waals surface area contributed by atoms with Crippen molar-refractivity contribution in [2.75, 3.05) is 0 Å². The number of nitrogens with zero attached hydrogens (tertiary/aromatic N) is 2. The van der Waals surface area contributed by atoms with Gasteiger partial charge in [-0.2, -0.15) is 0 Å². The van der Waals surface area contributed by atoms with E-state index in [1.807, 2.05) is 30.3 Å². The maximum Gasteiger partial charge on any atom is 0.144 e. The smallest absolute Gasteiger partial charge is 0.144 e. The summed E-state index contributed by atoms with van der Waals surface area (Å²) in [4.78, 5) is 10.5. The minimum absolute atomic E-state index is 0.802. The number of rotatable bonds is 4. The van der Waals surface area contributed by atoms with Crippen LogP contribution in [-0.2, 0) is 0 Å².